The van der Waals surface area contributed by atoms with E-state index < -0.39 is 22.7 Å². The predicted molar refractivity (Wildman–Crippen MR) is 152 cm³/mol. The third-order valence-electron chi connectivity index (χ3n) is 5.79. The highest BCUT2D eigenvalue weighted by molar-refractivity contribution is 7.92. The summed E-state index contributed by atoms with van der Waals surface area (Å²) in [5, 5.41) is 9.36. The first-order valence-electron chi connectivity index (χ1n) is 12.1. The maximum absolute atomic E-state index is 13.7. The number of hydrogen-bond donors (Lipinski definition) is 2. The van der Waals surface area contributed by atoms with E-state index in [1.54, 1.807) is 6.07 Å². The van der Waals surface area contributed by atoms with Crippen molar-refractivity contribution in [2.45, 2.75) is 45.1 Å². The minimum absolute atomic E-state index is 0. The van der Waals surface area contributed by atoms with Crippen LogP contribution in [0.1, 0.15) is 41.8 Å². The second kappa shape index (κ2) is 13.7. The Bertz CT molecular complexity index is 1380. The summed E-state index contributed by atoms with van der Waals surface area (Å²) in [5.41, 5.74) is 9.19. The number of carboxylic acids is 1. The highest BCUT2D eigenvalue weighted by Crippen LogP contribution is 2.31. The average molecular weight is 579 g/mol. The fourth-order valence-corrected chi connectivity index (χ4v) is 5.40. The molecule has 0 saturated carbocycles. The lowest BCUT2D eigenvalue weighted by molar-refractivity contribution is 0.0696. The van der Waals surface area contributed by atoms with E-state index in [0.717, 1.165) is 33.5 Å². The number of aryl methyl sites for hydroxylation is 2. The molecule has 0 saturated heterocycles. The van der Waals surface area contributed by atoms with Gasteiger partial charge < -0.3 is 20.3 Å². The number of halogens is 1. The van der Waals surface area contributed by atoms with Crippen LogP contribution >= 0.6 is 12.4 Å². The topological polar surface area (TPSA) is 145 Å². The number of carbonyl (C=O) groups is 1. The summed E-state index contributed by atoms with van der Waals surface area (Å²) in [6, 6.07) is 12.3. The number of hydrogen-bond acceptors (Lipinski definition) is 8. The van der Waals surface area contributed by atoms with Crippen LogP contribution in [0.2, 0.25) is 0 Å². The number of carboxylic acid groups (broad SMARTS) is 1. The number of aromatic nitrogens is 2. The van der Waals surface area contributed by atoms with Gasteiger partial charge in [0.05, 0.1) is 16.2 Å². The molecule has 39 heavy (non-hydrogen) atoms. The second-order valence-corrected chi connectivity index (χ2v) is 11.3. The number of benzene rings is 2. The molecular formula is C27H35ClN4O6S. The van der Waals surface area contributed by atoms with E-state index in [0.29, 0.717) is 11.6 Å². The van der Waals surface area contributed by atoms with E-state index in [4.69, 9.17) is 15.2 Å². The third-order valence-corrected chi connectivity index (χ3v) is 7.48. The molecule has 0 aliphatic rings. The van der Waals surface area contributed by atoms with Gasteiger partial charge >= 0.3 is 5.97 Å². The van der Waals surface area contributed by atoms with E-state index in [9.17, 15) is 18.3 Å². The molecule has 3 N–H and O–H groups in total. The van der Waals surface area contributed by atoms with Crippen molar-refractivity contribution in [3.8, 4) is 17.1 Å². The van der Waals surface area contributed by atoms with Crippen molar-refractivity contribution in [3.05, 3.63) is 65.2 Å². The van der Waals surface area contributed by atoms with Gasteiger partial charge in [0.1, 0.15) is 13.3 Å². The number of rotatable bonds is 12. The van der Waals surface area contributed by atoms with E-state index in [1.807, 2.05) is 32.0 Å². The number of methoxy groups -OCH3 is 1. The summed E-state index contributed by atoms with van der Waals surface area (Å²) >= 11 is 0. The smallest absolute Gasteiger partial charge is 0.335 e. The molecule has 3 aromatic rings. The average Bonchev–Trinajstić information content (AvgIpc) is 2.85. The van der Waals surface area contributed by atoms with Crippen LogP contribution in [0, 0.1) is 19.8 Å². The van der Waals surface area contributed by atoms with Crippen LogP contribution < -0.4 is 14.8 Å². The van der Waals surface area contributed by atoms with Crippen molar-refractivity contribution in [1.82, 2.24) is 9.97 Å². The second-order valence-electron chi connectivity index (χ2n) is 9.46. The molecule has 0 aliphatic heterocycles. The number of aromatic carboxylic acids is 1. The highest BCUT2D eigenvalue weighted by atomic mass is 35.5. The molecule has 3 rings (SSSR count). The monoisotopic (exact) mass is 578 g/mol. The maximum atomic E-state index is 13.7. The molecule has 1 atom stereocenters. The number of anilines is 1. The molecular weight excluding hydrogens is 544 g/mol. The summed E-state index contributed by atoms with van der Waals surface area (Å²) in [6.07, 6.45) is 0.742. The van der Waals surface area contributed by atoms with E-state index in [2.05, 4.69) is 23.8 Å². The molecule has 0 radical (unpaired) electrons. The largest absolute Gasteiger partial charge is 0.478 e. The van der Waals surface area contributed by atoms with Crippen molar-refractivity contribution in [1.29, 1.82) is 0 Å². The van der Waals surface area contributed by atoms with Crippen molar-refractivity contribution < 1.29 is 27.8 Å². The molecule has 0 spiro atoms. The number of sulfonamides is 1. The van der Waals surface area contributed by atoms with Gasteiger partial charge in [0, 0.05) is 24.8 Å². The molecule has 12 heteroatoms. The molecule has 0 amide bonds. The minimum Gasteiger partial charge on any atom is -0.478 e. The summed E-state index contributed by atoms with van der Waals surface area (Å²) in [7, 11) is -2.97. The predicted octanol–water partition coefficient (Wildman–Crippen LogP) is 4.43. The summed E-state index contributed by atoms with van der Waals surface area (Å²) in [6.45, 7) is 7.76. The van der Waals surface area contributed by atoms with Crippen LogP contribution in [0.25, 0.3) is 11.3 Å². The van der Waals surface area contributed by atoms with Gasteiger partial charge in [-0.15, -0.1) is 12.4 Å². The van der Waals surface area contributed by atoms with Crippen LogP contribution in [0.3, 0.4) is 0 Å². The molecule has 0 aliphatic carbocycles. The first-order valence-corrected chi connectivity index (χ1v) is 13.6. The maximum Gasteiger partial charge on any atom is 0.335 e. The molecule has 1 heterocycles. The standard InChI is InChI=1S/C27H34N4O6S.ClH/c1-17(2)12-21(28)15-37-24-14-23(25-18(3)8-6-9-19(25)4)29-27(30-24)31(16-36-5)38(34,35)22-11-7-10-20(13-22)26(32)33;/h6-11,13-14,17,21H,12,15-16,28H2,1-5H3,(H,32,33);1H/t21-;/m1./s1. The quantitative estimate of drug-likeness (QED) is 0.298. The summed E-state index contributed by atoms with van der Waals surface area (Å²) in [4.78, 5) is 20.2. The lowest BCUT2D eigenvalue weighted by atomic mass is 10.00. The van der Waals surface area contributed by atoms with Gasteiger partial charge in [0.25, 0.3) is 10.0 Å². The van der Waals surface area contributed by atoms with Crippen LogP contribution in [-0.2, 0) is 14.8 Å². The van der Waals surface area contributed by atoms with Crippen molar-refractivity contribution in [3.63, 3.8) is 0 Å². The number of nitrogens with zero attached hydrogens (tertiary/aromatic N) is 3. The zero-order valence-corrected chi connectivity index (χ0v) is 24.3. The Morgan fingerprint density at radius 3 is 2.31 bits per heavy atom. The zero-order valence-electron chi connectivity index (χ0n) is 22.6. The molecule has 10 nitrogen and oxygen atoms in total. The van der Waals surface area contributed by atoms with Gasteiger partial charge in [-0.05, 0) is 55.5 Å². The minimum atomic E-state index is -4.32. The Morgan fingerprint density at radius 2 is 1.72 bits per heavy atom. The fourth-order valence-electron chi connectivity index (χ4n) is 4.08. The number of nitrogens with two attached hydrogens (primary N) is 1. The number of ether oxygens (including phenoxy) is 2. The first-order chi connectivity index (χ1) is 17.9. The lowest BCUT2D eigenvalue weighted by Gasteiger charge is -2.23. The van der Waals surface area contributed by atoms with Crippen LogP contribution in [0.5, 0.6) is 5.88 Å². The van der Waals surface area contributed by atoms with Gasteiger partial charge in [0.15, 0.2) is 0 Å². The Balaban J connectivity index is 0.00000533. The zero-order chi connectivity index (χ0) is 28.0. The van der Waals surface area contributed by atoms with Crippen LogP contribution in [0.4, 0.5) is 5.95 Å². The van der Waals surface area contributed by atoms with Gasteiger partial charge in [-0.1, -0.05) is 38.1 Å². The Hall–Kier alpha value is -3.25. The van der Waals surface area contributed by atoms with E-state index >= 15 is 0 Å². The van der Waals surface area contributed by atoms with E-state index in [1.165, 1.54) is 25.3 Å². The molecule has 212 valence electrons. The van der Waals surface area contributed by atoms with Crippen molar-refractivity contribution >= 4 is 34.3 Å². The van der Waals surface area contributed by atoms with E-state index in [-0.39, 0.29) is 47.3 Å². The normalized spacial score (nSPS) is 12.1. The van der Waals surface area contributed by atoms with Gasteiger partial charge in [-0.25, -0.2) is 22.5 Å². The van der Waals surface area contributed by atoms with Crippen molar-refractivity contribution in [2.75, 3.05) is 24.8 Å². The van der Waals surface area contributed by atoms with Crippen molar-refractivity contribution in [2.24, 2.45) is 11.7 Å². The van der Waals surface area contributed by atoms with Crippen LogP contribution in [0.15, 0.2) is 53.4 Å². The van der Waals surface area contributed by atoms with Gasteiger partial charge in [-0.2, -0.15) is 4.98 Å². The molecule has 0 fully saturated rings. The van der Waals surface area contributed by atoms with Crippen LogP contribution in [-0.4, -0.2) is 56.0 Å². The molecule has 0 bridgehead atoms. The first kappa shape index (κ1) is 32.0. The Labute approximate surface area is 235 Å². The summed E-state index contributed by atoms with van der Waals surface area (Å²) in [5.74, 6) is -0.895. The highest BCUT2D eigenvalue weighted by Gasteiger charge is 2.29. The molecule has 0 unspecified atom stereocenters. The Kier molecular flexibility index (Phi) is 11.2. The molecule has 1 aromatic heterocycles. The lowest BCUT2D eigenvalue weighted by Crippen LogP contribution is -2.35. The third kappa shape index (κ3) is 7.89. The fraction of sp³-hybridized carbons (Fsp3) is 0.370. The summed E-state index contributed by atoms with van der Waals surface area (Å²) < 4.78 is 39.4. The SMILES string of the molecule is COCN(c1nc(OC[C@H](N)CC(C)C)cc(-c2c(C)cccc2C)n1)S(=O)(=O)c1cccc(C(=O)O)c1.Cl. The molecule has 2 aromatic carbocycles. The van der Waals surface area contributed by atoms with Gasteiger partial charge in [-0.3, -0.25) is 0 Å². The Morgan fingerprint density at radius 1 is 1.08 bits per heavy atom. The van der Waals surface area contributed by atoms with Gasteiger partial charge in [0.2, 0.25) is 11.8 Å².